The molecule has 0 amide bonds. The van der Waals surface area contributed by atoms with Gasteiger partial charge in [-0.15, -0.1) is 10.2 Å². The van der Waals surface area contributed by atoms with Gasteiger partial charge < -0.3 is 9.30 Å². The summed E-state index contributed by atoms with van der Waals surface area (Å²) in [7, 11) is 1.66. The predicted octanol–water partition coefficient (Wildman–Crippen LogP) is 3.99. The van der Waals surface area contributed by atoms with E-state index in [-0.39, 0.29) is 17.5 Å². The lowest BCUT2D eigenvalue weighted by Crippen LogP contribution is -2.11. The Morgan fingerprint density at radius 3 is 2.61 bits per heavy atom. The van der Waals surface area contributed by atoms with E-state index in [2.05, 4.69) is 10.2 Å². The number of hydrogen-bond acceptors (Lipinski definition) is 3. The zero-order valence-corrected chi connectivity index (χ0v) is 13.0. The van der Waals surface area contributed by atoms with Crippen LogP contribution in [0.5, 0.6) is 0 Å². The molecule has 0 bridgehead atoms. The van der Waals surface area contributed by atoms with Crippen LogP contribution in [0, 0.1) is 5.92 Å². The smallest absolute Gasteiger partial charge is 0.370 e. The molecule has 3 rings (SSSR count). The lowest BCUT2D eigenvalue weighted by molar-refractivity contribution is -0.137. The van der Waals surface area contributed by atoms with Crippen LogP contribution in [0.2, 0.25) is 0 Å². The van der Waals surface area contributed by atoms with Gasteiger partial charge in [-0.05, 0) is 31.7 Å². The van der Waals surface area contributed by atoms with Crippen molar-refractivity contribution in [2.45, 2.75) is 32.0 Å². The van der Waals surface area contributed by atoms with Gasteiger partial charge >= 0.3 is 6.18 Å². The molecule has 1 atom stereocenters. The molecule has 1 aromatic carbocycles. The largest absolute Gasteiger partial charge is 0.417 e. The lowest BCUT2D eigenvalue weighted by atomic mass is 10.1. The molecule has 0 spiro atoms. The molecule has 124 valence electrons. The topological polar surface area (TPSA) is 39.9 Å². The fourth-order valence-electron chi connectivity index (χ4n) is 2.49. The summed E-state index contributed by atoms with van der Waals surface area (Å²) < 4.78 is 46.8. The maximum Gasteiger partial charge on any atom is 0.417 e. The van der Waals surface area contributed by atoms with E-state index < -0.39 is 11.7 Å². The van der Waals surface area contributed by atoms with Crippen molar-refractivity contribution >= 4 is 0 Å². The minimum absolute atomic E-state index is 0.0237. The standard InChI is InChI=1S/C16H18F3N3O/c1-10(23-9-11-7-8-11)14-20-21-15(22(14)2)12-5-3-4-6-13(12)16(17,18)19/h3-6,10-11H,7-9H2,1-2H3/t10-/m1/s1. The average Bonchev–Trinajstić information content (AvgIpc) is 3.25. The summed E-state index contributed by atoms with van der Waals surface area (Å²) in [5, 5.41) is 7.99. The number of benzene rings is 1. The van der Waals surface area contributed by atoms with Gasteiger partial charge in [0.2, 0.25) is 0 Å². The van der Waals surface area contributed by atoms with Gasteiger partial charge in [0.05, 0.1) is 12.2 Å². The minimum Gasteiger partial charge on any atom is -0.370 e. The van der Waals surface area contributed by atoms with E-state index in [1.54, 1.807) is 17.7 Å². The fraction of sp³-hybridized carbons (Fsp3) is 0.500. The van der Waals surface area contributed by atoms with E-state index in [9.17, 15) is 13.2 Å². The van der Waals surface area contributed by atoms with Crippen LogP contribution in [0.15, 0.2) is 24.3 Å². The first kappa shape index (κ1) is 16.0. The Morgan fingerprint density at radius 1 is 1.26 bits per heavy atom. The van der Waals surface area contributed by atoms with Crippen LogP contribution >= 0.6 is 0 Å². The summed E-state index contributed by atoms with van der Waals surface area (Å²) in [5.41, 5.74) is -0.691. The molecular formula is C16H18F3N3O. The van der Waals surface area contributed by atoms with Gasteiger partial charge in [-0.3, -0.25) is 0 Å². The van der Waals surface area contributed by atoms with Crippen molar-refractivity contribution in [1.82, 2.24) is 14.8 Å². The van der Waals surface area contributed by atoms with Gasteiger partial charge in [0, 0.05) is 12.6 Å². The molecule has 4 nitrogen and oxygen atoms in total. The summed E-state index contributed by atoms with van der Waals surface area (Å²) in [6, 6.07) is 5.39. The lowest BCUT2D eigenvalue weighted by Gasteiger charge is -2.14. The Hall–Kier alpha value is -1.89. The monoisotopic (exact) mass is 325 g/mol. The Morgan fingerprint density at radius 2 is 1.96 bits per heavy atom. The van der Waals surface area contributed by atoms with Crippen molar-refractivity contribution in [1.29, 1.82) is 0 Å². The van der Waals surface area contributed by atoms with Gasteiger partial charge in [0.1, 0.15) is 6.10 Å². The second-order valence-corrected chi connectivity index (χ2v) is 5.90. The molecule has 1 saturated carbocycles. The summed E-state index contributed by atoms with van der Waals surface area (Å²) in [5.74, 6) is 1.32. The Labute approximate surface area is 132 Å². The van der Waals surface area contributed by atoms with E-state index in [4.69, 9.17) is 4.74 Å². The molecule has 1 aliphatic carbocycles. The van der Waals surface area contributed by atoms with E-state index in [1.807, 2.05) is 6.92 Å². The third kappa shape index (κ3) is 3.39. The molecule has 0 N–H and O–H groups in total. The van der Waals surface area contributed by atoms with Gasteiger partial charge in [0.15, 0.2) is 11.6 Å². The number of halogens is 3. The molecule has 0 aliphatic heterocycles. The van der Waals surface area contributed by atoms with Crippen molar-refractivity contribution in [2.75, 3.05) is 6.61 Å². The Bertz CT molecular complexity index is 692. The molecule has 0 unspecified atom stereocenters. The molecule has 1 aromatic heterocycles. The van der Waals surface area contributed by atoms with Crippen LogP contribution < -0.4 is 0 Å². The third-order valence-corrected chi connectivity index (χ3v) is 4.02. The van der Waals surface area contributed by atoms with Crippen molar-refractivity contribution < 1.29 is 17.9 Å². The number of ether oxygens (including phenoxy) is 1. The summed E-state index contributed by atoms with van der Waals surface area (Å²) >= 11 is 0. The van der Waals surface area contributed by atoms with E-state index >= 15 is 0 Å². The van der Waals surface area contributed by atoms with Gasteiger partial charge in [-0.1, -0.05) is 18.2 Å². The van der Waals surface area contributed by atoms with Gasteiger partial charge in [-0.2, -0.15) is 13.2 Å². The van der Waals surface area contributed by atoms with Crippen LogP contribution in [-0.4, -0.2) is 21.4 Å². The summed E-state index contributed by atoms with van der Waals surface area (Å²) in [4.78, 5) is 0. The number of rotatable bonds is 5. The molecule has 0 radical (unpaired) electrons. The molecule has 0 saturated heterocycles. The molecule has 2 aromatic rings. The second-order valence-electron chi connectivity index (χ2n) is 5.90. The molecule has 7 heteroatoms. The van der Waals surface area contributed by atoms with Gasteiger partial charge in [0.25, 0.3) is 0 Å². The van der Waals surface area contributed by atoms with Crippen LogP contribution in [0.3, 0.4) is 0 Å². The molecule has 23 heavy (non-hydrogen) atoms. The summed E-state index contributed by atoms with van der Waals surface area (Å²) in [6.07, 6.45) is -2.39. The zero-order chi connectivity index (χ0) is 16.6. The first-order chi connectivity index (χ1) is 10.9. The highest BCUT2D eigenvalue weighted by Crippen LogP contribution is 2.37. The van der Waals surface area contributed by atoms with Crippen molar-refractivity contribution in [2.24, 2.45) is 13.0 Å². The first-order valence-corrected chi connectivity index (χ1v) is 7.55. The normalized spacial score (nSPS) is 16.6. The van der Waals surface area contributed by atoms with Crippen LogP contribution in [0.4, 0.5) is 13.2 Å². The average molecular weight is 325 g/mol. The first-order valence-electron chi connectivity index (χ1n) is 7.55. The molecular weight excluding hydrogens is 307 g/mol. The number of aromatic nitrogens is 3. The molecule has 1 heterocycles. The van der Waals surface area contributed by atoms with E-state index in [0.717, 1.165) is 6.07 Å². The van der Waals surface area contributed by atoms with Crippen molar-refractivity contribution in [3.63, 3.8) is 0 Å². The quantitative estimate of drug-likeness (QED) is 0.834. The second kappa shape index (κ2) is 5.96. The van der Waals surface area contributed by atoms with Crippen LogP contribution in [-0.2, 0) is 18.0 Å². The molecule has 1 aliphatic rings. The Balaban J connectivity index is 1.90. The van der Waals surface area contributed by atoms with E-state index in [0.29, 0.717) is 18.3 Å². The zero-order valence-electron chi connectivity index (χ0n) is 13.0. The van der Waals surface area contributed by atoms with Crippen LogP contribution in [0.25, 0.3) is 11.4 Å². The molecule has 1 fully saturated rings. The highest BCUT2D eigenvalue weighted by Gasteiger charge is 2.35. The van der Waals surface area contributed by atoms with E-state index in [1.165, 1.54) is 25.0 Å². The maximum absolute atomic E-state index is 13.2. The van der Waals surface area contributed by atoms with Crippen molar-refractivity contribution in [3.8, 4) is 11.4 Å². The fourth-order valence-corrected chi connectivity index (χ4v) is 2.49. The van der Waals surface area contributed by atoms with Crippen molar-refractivity contribution in [3.05, 3.63) is 35.7 Å². The highest BCUT2D eigenvalue weighted by atomic mass is 19.4. The maximum atomic E-state index is 13.2. The van der Waals surface area contributed by atoms with Crippen LogP contribution in [0.1, 0.15) is 37.3 Å². The number of alkyl halides is 3. The minimum atomic E-state index is -4.43. The predicted molar refractivity (Wildman–Crippen MR) is 78.5 cm³/mol. The third-order valence-electron chi connectivity index (χ3n) is 4.02. The summed E-state index contributed by atoms with van der Waals surface area (Å²) in [6.45, 7) is 2.49. The SMILES string of the molecule is C[C@@H](OCC1CC1)c1nnc(-c2ccccc2C(F)(F)F)n1C. The van der Waals surface area contributed by atoms with Gasteiger partial charge in [-0.25, -0.2) is 0 Å². The number of hydrogen-bond donors (Lipinski definition) is 0. The highest BCUT2D eigenvalue weighted by molar-refractivity contribution is 5.61. The number of nitrogens with zero attached hydrogens (tertiary/aromatic N) is 3. The Kier molecular flexibility index (Phi) is 4.14.